The Hall–Kier alpha value is -0.960. The summed E-state index contributed by atoms with van der Waals surface area (Å²) in [7, 11) is 0. The van der Waals surface area contributed by atoms with Crippen molar-refractivity contribution in [3.8, 4) is 0 Å². The lowest BCUT2D eigenvalue weighted by Gasteiger charge is -2.37. The lowest BCUT2D eigenvalue weighted by atomic mass is 10.00. The number of ether oxygens (including phenoxy) is 2. The Morgan fingerprint density at radius 1 is 1.00 bits per heavy atom. The highest BCUT2D eigenvalue weighted by Gasteiger charge is 2.42. The first-order chi connectivity index (χ1) is 8.57. The van der Waals surface area contributed by atoms with E-state index in [-0.39, 0.29) is 0 Å². The van der Waals surface area contributed by atoms with Gasteiger partial charge in [0.15, 0.2) is 6.29 Å². The normalized spacial score (nSPS) is 38.6. The highest BCUT2D eigenvalue weighted by molar-refractivity contribution is 5.03. The fraction of sp³-hybridized carbons (Fsp3) is 0.636. The summed E-state index contributed by atoms with van der Waals surface area (Å²) in [4.78, 5) is 0. The monoisotopic (exact) mass is 262 g/mol. The molecule has 0 aromatic heterocycles. The number of aliphatic hydroxyl groups is 5. The zero-order valence-corrected chi connectivity index (χ0v) is 9.66. The molecule has 0 radical (unpaired) electrons. The van der Waals surface area contributed by atoms with Crippen molar-refractivity contribution in [1.29, 1.82) is 0 Å². The highest BCUT2D eigenvalue weighted by atomic mass is 16.6. The molecule has 104 valence electrons. The topological polar surface area (TPSA) is 120 Å². The van der Waals surface area contributed by atoms with Crippen molar-refractivity contribution in [1.82, 2.24) is 0 Å². The Bertz CT molecular complexity index is 274. The number of hydrogen-bond acceptors (Lipinski definition) is 7. The first-order valence-electron chi connectivity index (χ1n) is 5.49. The Morgan fingerprint density at radius 2 is 1.72 bits per heavy atom. The van der Waals surface area contributed by atoms with E-state index in [1.165, 1.54) is 0 Å². The molecule has 18 heavy (non-hydrogen) atoms. The van der Waals surface area contributed by atoms with Gasteiger partial charge in [0.1, 0.15) is 31.0 Å². The van der Waals surface area contributed by atoms with Gasteiger partial charge in [0, 0.05) is 0 Å². The molecular weight excluding hydrogens is 244 g/mol. The van der Waals surface area contributed by atoms with E-state index in [1.807, 2.05) is 18.2 Å². The molecule has 0 bridgehead atoms. The maximum atomic E-state index is 9.12. The van der Waals surface area contributed by atoms with Crippen LogP contribution < -0.4 is 0 Å². The number of allylic oxidation sites excluding steroid dienone is 2. The van der Waals surface area contributed by atoms with Crippen molar-refractivity contribution in [3.05, 3.63) is 24.5 Å². The second kappa shape index (κ2) is 7.47. The third kappa shape index (κ3) is 4.05. The van der Waals surface area contributed by atoms with Crippen LogP contribution in [0.3, 0.4) is 0 Å². The second-order valence-corrected chi connectivity index (χ2v) is 3.81. The molecule has 2 rings (SSSR count). The molecule has 0 saturated carbocycles. The zero-order valence-electron chi connectivity index (χ0n) is 9.66. The van der Waals surface area contributed by atoms with Gasteiger partial charge in [0.05, 0.1) is 12.9 Å². The van der Waals surface area contributed by atoms with Gasteiger partial charge >= 0.3 is 0 Å². The van der Waals surface area contributed by atoms with Crippen molar-refractivity contribution >= 4 is 0 Å². The summed E-state index contributed by atoms with van der Waals surface area (Å²) < 4.78 is 9.38. The summed E-state index contributed by atoms with van der Waals surface area (Å²) in [5.41, 5.74) is 0. The van der Waals surface area contributed by atoms with Crippen LogP contribution in [0, 0.1) is 0 Å². The third-order valence-electron chi connectivity index (χ3n) is 2.48. The third-order valence-corrected chi connectivity index (χ3v) is 2.48. The molecule has 2 heterocycles. The summed E-state index contributed by atoms with van der Waals surface area (Å²) in [6.07, 6.45) is 0.425. The summed E-state index contributed by atoms with van der Waals surface area (Å²) in [6, 6.07) is 0. The fourth-order valence-corrected chi connectivity index (χ4v) is 1.43. The molecule has 5 N–H and O–H groups in total. The van der Waals surface area contributed by atoms with Gasteiger partial charge in [-0.1, -0.05) is 6.08 Å². The van der Waals surface area contributed by atoms with Crippen molar-refractivity contribution in [2.45, 2.75) is 30.7 Å². The molecule has 7 nitrogen and oxygen atoms in total. The van der Waals surface area contributed by atoms with Gasteiger partial charge in [-0.05, 0) is 12.2 Å². The molecule has 7 heteroatoms. The molecule has 1 saturated heterocycles. The fourth-order valence-electron chi connectivity index (χ4n) is 1.43. The Labute approximate surface area is 104 Å². The van der Waals surface area contributed by atoms with Gasteiger partial charge in [-0.15, -0.1) is 0 Å². The molecule has 5 atom stereocenters. The van der Waals surface area contributed by atoms with E-state index in [2.05, 4.69) is 4.74 Å². The average Bonchev–Trinajstić information content (AvgIpc) is 2.43. The summed E-state index contributed by atoms with van der Waals surface area (Å²) in [6.45, 7) is 0.207. The van der Waals surface area contributed by atoms with Gasteiger partial charge in [-0.3, -0.25) is 0 Å². The van der Waals surface area contributed by atoms with Gasteiger partial charge in [0.25, 0.3) is 0 Å². The standard InChI is InChI=1S/C6H12O6.C5H6O/c7-1-2-3(8)4(9)5(10)6(11)12-2;1-2-4-6-5-3-1/h2-11H,1H2;1-4H,5H2/t2-,3-,4+,5+,6-;/m1./s1. The maximum Gasteiger partial charge on any atom is 0.184 e. The first kappa shape index (κ1) is 15.1. The minimum Gasteiger partial charge on any atom is -0.497 e. The SMILES string of the molecule is C1=CCOC=C1.OC[C@H]1O[C@@H](O)[C@@H](O)[C@@H](O)[C@@H]1O. The molecule has 0 spiro atoms. The summed E-state index contributed by atoms with van der Waals surface area (Å²) in [5.74, 6) is 0. The lowest BCUT2D eigenvalue weighted by molar-refractivity contribution is -0.286. The highest BCUT2D eigenvalue weighted by Crippen LogP contribution is 2.18. The number of aliphatic hydroxyl groups excluding tert-OH is 5. The van der Waals surface area contributed by atoms with E-state index in [4.69, 9.17) is 30.3 Å². The number of rotatable bonds is 1. The van der Waals surface area contributed by atoms with Crippen LogP contribution in [0.1, 0.15) is 0 Å². The Kier molecular flexibility index (Phi) is 6.27. The molecule has 0 aliphatic carbocycles. The van der Waals surface area contributed by atoms with Crippen LogP contribution in [-0.4, -0.2) is 69.5 Å². The molecule has 0 aromatic rings. The van der Waals surface area contributed by atoms with E-state index in [9.17, 15) is 0 Å². The van der Waals surface area contributed by atoms with Crippen molar-refractivity contribution in [3.63, 3.8) is 0 Å². The number of hydrogen-bond donors (Lipinski definition) is 5. The van der Waals surface area contributed by atoms with Crippen LogP contribution in [0.15, 0.2) is 24.5 Å². The van der Waals surface area contributed by atoms with E-state index in [0.717, 1.165) is 6.61 Å². The van der Waals surface area contributed by atoms with Crippen LogP contribution in [0.2, 0.25) is 0 Å². The first-order valence-corrected chi connectivity index (χ1v) is 5.49. The second-order valence-electron chi connectivity index (χ2n) is 3.81. The van der Waals surface area contributed by atoms with Gasteiger partial charge < -0.3 is 35.0 Å². The largest absolute Gasteiger partial charge is 0.497 e. The maximum absolute atomic E-state index is 9.12. The molecule has 0 amide bonds. The minimum atomic E-state index is -1.57. The van der Waals surface area contributed by atoms with Crippen molar-refractivity contribution in [2.75, 3.05) is 13.2 Å². The van der Waals surface area contributed by atoms with Crippen LogP contribution in [-0.2, 0) is 9.47 Å². The predicted octanol–water partition coefficient (Wildman–Crippen LogP) is -2.13. The van der Waals surface area contributed by atoms with Crippen LogP contribution in [0.4, 0.5) is 0 Å². The molecule has 0 aromatic carbocycles. The van der Waals surface area contributed by atoms with Crippen molar-refractivity contribution < 1.29 is 35.0 Å². The van der Waals surface area contributed by atoms with Gasteiger partial charge in [-0.2, -0.15) is 0 Å². The van der Waals surface area contributed by atoms with Gasteiger partial charge in [-0.25, -0.2) is 0 Å². The Morgan fingerprint density at radius 3 is 2.11 bits per heavy atom. The van der Waals surface area contributed by atoms with Crippen LogP contribution >= 0.6 is 0 Å². The van der Waals surface area contributed by atoms with Gasteiger partial charge in [0.2, 0.25) is 0 Å². The molecule has 2 aliphatic heterocycles. The van der Waals surface area contributed by atoms with E-state index >= 15 is 0 Å². The average molecular weight is 262 g/mol. The summed E-state index contributed by atoms with van der Waals surface area (Å²) in [5, 5.41) is 44.7. The predicted molar refractivity (Wildman–Crippen MR) is 60.2 cm³/mol. The Balaban J connectivity index is 0.000000225. The molecular formula is C11H18O7. The quantitative estimate of drug-likeness (QED) is 0.366. The van der Waals surface area contributed by atoms with E-state index in [1.54, 1.807) is 6.26 Å². The molecule has 0 unspecified atom stereocenters. The van der Waals surface area contributed by atoms with Crippen LogP contribution in [0.5, 0.6) is 0 Å². The minimum absolute atomic E-state index is 0.526. The lowest BCUT2D eigenvalue weighted by Crippen LogP contribution is -2.58. The van der Waals surface area contributed by atoms with E-state index in [0.29, 0.717) is 0 Å². The molecule has 2 aliphatic rings. The van der Waals surface area contributed by atoms with E-state index < -0.39 is 37.3 Å². The molecule has 1 fully saturated rings. The zero-order chi connectivity index (χ0) is 13.5. The van der Waals surface area contributed by atoms with Crippen molar-refractivity contribution in [2.24, 2.45) is 0 Å². The smallest absolute Gasteiger partial charge is 0.184 e. The van der Waals surface area contributed by atoms with Crippen LogP contribution in [0.25, 0.3) is 0 Å². The summed E-state index contributed by atoms with van der Waals surface area (Å²) >= 11 is 0.